The van der Waals surface area contributed by atoms with Gasteiger partial charge in [-0.25, -0.2) is 4.79 Å². The fraction of sp³-hybridized carbons (Fsp3) is 0.594. The normalized spacial score (nSPS) is 21.2. The molecule has 6 heteroatoms. The molecule has 0 bridgehead atoms. The maximum absolute atomic E-state index is 14.1. The van der Waals surface area contributed by atoms with Crippen LogP contribution in [0.3, 0.4) is 0 Å². The van der Waals surface area contributed by atoms with E-state index in [9.17, 15) is 17.8 Å². The molecule has 0 spiro atoms. The Morgan fingerprint density at radius 2 is 1.16 bits per heavy atom. The Morgan fingerprint density at radius 1 is 0.711 bits per heavy atom. The number of esters is 1. The minimum Gasteiger partial charge on any atom is -0.435 e. The third-order valence-corrected chi connectivity index (χ3v) is 10.1. The molecule has 0 heterocycles. The van der Waals surface area contributed by atoms with E-state index in [1.54, 1.807) is 30.3 Å². The predicted molar refractivity (Wildman–Crippen MR) is 150 cm³/mol. The van der Waals surface area contributed by atoms with Crippen LogP contribution >= 0.6 is 0 Å². The Balaban J connectivity index is 1.61. The van der Waals surface area contributed by atoms with Crippen molar-refractivity contribution in [2.45, 2.75) is 120 Å². The first-order valence-corrected chi connectivity index (χ1v) is 16.3. The maximum atomic E-state index is 14.1. The van der Waals surface area contributed by atoms with Gasteiger partial charge in [-0.05, 0) is 73.0 Å². The van der Waals surface area contributed by atoms with E-state index in [-0.39, 0.29) is 17.4 Å². The van der Waals surface area contributed by atoms with Gasteiger partial charge in [-0.1, -0.05) is 100 Å². The molecule has 0 saturated heterocycles. The molecule has 2 aromatic carbocycles. The average Bonchev–Trinajstić information content (AvgIpc) is 2.96. The van der Waals surface area contributed by atoms with Crippen molar-refractivity contribution < 1.29 is 22.5 Å². The fourth-order valence-electron chi connectivity index (χ4n) is 7.16. The van der Waals surface area contributed by atoms with Crippen molar-refractivity contribution in [3.8, 4) is 0 Å². The van der Waals surface area contributed by atoms with Gasteiger partial charge in [-0.2, -0.15) is 8.42 Å². The van der Waals surface area contributed by atoms with Crippen LogP contribution in [0.5, 0.6) is 0 Å². The summed E-state index contributed by atoms with van der Waals surface area (Å²) >= 11 is 0. The minimum atomic E-state index is -4.66. The van der Waals surface area contributed by atoms with Gasteiger partial charge in [-0.15, -0.1) is 0 Å². The Kier molecular flexibility index (Phi) is 8.89. The van der Waals surface area contributed by atoms with Crippen molar-refractivity contribution in [3.05, 3.63) is 70.3 Å². The maximum Gasteiger partial charge on any atom is 0.340 e. The summed E-state index contributed by atoms with van der Waals surface area (Å²) in [6.45, 7) is 0. The van der Waals surface area contributed by atoms with Crippen LogP contribution in [0.1, 0.15) is 152 Å². The van der Waals surface area contributed by atoms with Gasteiger partial charge in [0.05, 0.1) is 5.56 Å². The van der Waals surface area contributed by atoms with E-state index in [4.69, 9.17) is 4.74 Å². The smallest absolute Gasteiger partial charge is 0.340 e. The van der Waals surface area contributed by atoms with Gasteiger partial charge >= 0.3 is 16.1 Å². The molecule has 0 aliphatic heterocycles. The lowest BCUT2D eigenvalue weighted by Gasteiger charge is -2.32. The molecule has 1 unspecified atom stereocenters. The van der Waals surface area contributed by atoms with Crippen LogP contribution in [-0.4, -0.2) is 18.9 Å². The summed E-state index contributed by atoms with van der Waals surface area (Å²) < 4.78 is 40.7. The molecule has 3 fully saturated rings. The van der Waals surface area contributed by atoms with Crippen LogP contribution in [0.2, 0.25) is 0 Å². The van der Waals surface area contributed by atoms with E-state index in [1.807, 2.05) is 0 Å². The SMILES string of the molecule is O=C(OC(c1ccccc1)S(=O)(=O)O)c1c(C2CCCCC2)cc(C2CCCCC2)cc1C1CCCCC1. The second-order valence-electron chi connectivity index (χ2n) is 11.7. The molecule has 206 valence electrons. The van der Waals surface area contributed by atoms with Crippen molar-refractivity contribution in [2.24, 2.45) is 0 Å². The second kappa shape index (κ2) is 12.3. The van der Waals surface area contributed by atoms with E-state index in [0.29, 0.717) is 11.5 Å². The highest BCUT2D eigenvalue weighted by molar-refractivity contribution is 7.85. The van der Waals surface area contributed by atoms with Gasteiger partial charge in [0.15, 0.2) is 0 Å². The van der Waals surface area contributed by atoms with Crippen molar-refractivity contribution in [1.29, 1.82) is 0 Å². The molecule has 1 atom stereocenters. The average molecular weight is 539 g/mol. The summed E-state index contributed by atoms with van der Waals surface area (Å²) in [7, 11) is -4.66. The number of rotatable bonds is 7. The molecular formula is C32H42O5S. The summed E-state index contributed by atoms with van der Waals surface area (Å²) in [5.41, 5.74) is 2.55. The van der Waals surface area contributed by atoms with Crippen LogP contribution in [0.15, 0.2) is 42.5 Å². The standard InChI is InChI=1S/C32H42O5S/c33-31(37-32(38(34,35)36)26-19-11-4-12-20-26)30-28(24-15-7-2-8-16-24)21-27(23-13-5-1-6-14-23)22-29(30)25-17-9-3-10-18-25/h4,11-12,19-25,32H,1-3,5-10,13-18H2,(H,34,35,36). The number of hydrogen-bond donors (Lipinski definition) is 1. The summed E-state index contributed by atoms with van der Waals surface area (Å²) in [5, 5.41) is 0. The molecule has 3 aliphatic carbocycles. The lowest BCUT2D eigenvalue weighted by molar-refractivity contribution is 0.0423. The van der Waals surface area contributed by atoms with Gasteiger partial charge in [0.25, 0.3) is 5.44 Å². The monoisotopic (exact) mass is 538 g/mol. The van der Waals surface area contributed by atoms with Gasteiger partial charge in [0, 0.05) is 5.56 Å². The van der Waals surface area contributed by atoms with Crippen LogP contribution in [-0.2, 0) is 14.9 Å². The Bertz CT molecular complexity index is 1150. The van der Waals surface area contributed by atoms with Crippen LogP contribution in [0.4, 0.5) is 0 Å². The van der Waals surface area contributed by atoms with E-state index in [1.165, 1.54) is 50.5 Å². The van der Waals surface area contributed by atoms with Gasteiger partial charge in [0.2, 0.25) is 0 Å². The van der Waals surface area contributed by atoms with E-state index < -0.39 is 21.5 Å². The van der Waals surface area contributed by atoms with E-state index >= 15 is 0 Å². The Labute approximate surface area is 228 Å². The highest BCUT2D eigenvalue weighted by atomic mass is 32.2. The molecule has 3 saturated carbocycles. The fourth-order valence-corrected chi connectivity index (χ4v) is 7.87. The van der Waals surface area contributed by atoms with Crippen molar-refractivity contribution >= 4 is 16.1 Å². The highest BCUT2D eigenvalue weighted by Gasteiger charge is 2.35. The number of hydrogen-bond acceptors (Lipinski definition) is 4. The lowest BCUT2D eigenvalue weighted by atomic mass is 9.73. The molecular weight excluding hydrogens is 496 g/mol. The number of carbonyl (C=O) groups is 1. The largest absolute Gasteiger partial charge is 0.435 e. The van der Waals surface area contributed by atoms with Crippen LogP contribution in [0.25, 0.3) is 0 Å². The lowest BCUT2D eigenvalue weighted by Crippen LogP contribution is -2.24. The zero-order valence-electron chi connectivity index (χ0n) is 22.4. The molecule has 3 aliphatic rings. The number of ether oxygens (including phenoxy) is 1. The highest BCUT2D eigenvalue weighted by Crippen LogP contribution is 2.44. The summed E-state index contributed by atoms with van der Waals surface area (Å²) in [4.78, 5) is 14.1. The van der Waals surface area contributed by atoms with Crippen LogP contribution in [0, 0.1) is 0 Å². The first-order valence-electron chi connectivity index (χ1n) is 14.8. The van der Waals surface area contributed by atoms with Crippen molar-refractivity contribution in [1.82, 2.24) is 0 Å². The quantitative estimate of drug-likeness (QED) is 0.282. The van der Waals surface area contributed by atoms with E-state index in [0.717, 1.165) is 62.5 Å². The van der Waals surface area contributed by atoms with E-state index in [2.05, 4.69) is 12.1 Å². The molecule has 0 amide bonds. The van der Waals surface area contributed by atoms with Crippen molar-refractivity contribution in [2.75, 3.05) is 0 Å². The van der Waals surface area contributed by atoms with Gasteiger partial charge < -0.3 is 4.74 Å². The first kappa shape index (κ1) is 27.4. The van der Waals surface area contributed by atoms with Crippen LogP contribution < -0.4 is 0 Å². The minimum absolute atomic E-state index is 0.251. The summed E-state index contributed by atoms with van der Waals surface area (Å²) in [6, 6.07) is 12.8. The third-order valence-electron chi connectivity index (χ3n) is 9.15. The summed E-state index contributed by atoms with van der Waals surface area (Å²) in [5.74, 6) is 0.456. The molecule has 1 N–H and O–H groups in total. The van der Waals surface area contributed by atoms with Gasteiger partial charge in [-0.3, -0.25) is 4.55 Å². The van der Waals surface area contributed by atoms with Gasteiger partial charge in [0.1, 0.15) is 0 Å². The molecule has 38 heavy (non-hydrogen) atoms. The summed E-state index contributed by atoms with van der Waals surface area (Å²) in [6.07, 6.45) is 17.3. The number of carbonyl (C=O) groups excluding carboxylic acids is 1. The molecule has 5 rings (SSSR count). The first-order chi connectivity index (χ1) is 18.4. The molecule has 5 nitrogen and oxygen atoms in total. The zero-order chi connectivity index (χ0) is 26.5. The molecule has 2 aromatic rings. The Morgan fingerprint density at radius 3 is 1.61 bits per heavy atom. The topological polar surface area (TPSA) is 80.7 Å². The predicted octanol–water partition coefficient (Wildman–Crippen LogP) is 8.57. The Hall–Kier alpha value is -2.18. The molecule has 0 radical (unpaired) electrons. The number of benzene rings is 2. The third kappa shape index (κ3) is 6.34. The van der Waals surface area contributed by atoms with Crippen molar-refractivity contribution in [3.63, 3.8) is 0 Å². The second-order valence-corrected chi connectivity index (χ2v) is 13.2. The molecule has 0 aromatic heterocycles. The zero-order valence-corrected chi connectivity index (χ0v) is 23.3.